The van der Waals surface area contributed by atoms with Crippen molar-refractivity contribution in [3.8, 4) is 5.88 Å². The SMILES string of the molecule is O=C(Nc1ccc(Cl)c(Cl)c1)NC(Cc1c[nH]c2ccccc12)C(=O)Nc1cnn2c1OCCCC2. The normalized spacial score (nSPS) is 13.8. The molecular formula is C25H24Cl2N6O3. The number of nitrogens with one attached hydrogen (secondary N) is 4. The molecule has 5 rings (SSSR count). The largest absolute Gasteiger partial charge is 0.476 e. The van der Waals surface area contributed by atoms with Crippen LogP contribution >= 0.6 is 23.2 Å². The van der Waals surface area contributed by atoms with Gasteiger partial charge < -0.3 is 25.7 Å². The van der Waals surface area contributed by atoms with Crippen LogP contribution in [0.15, 0.2) is 54.9 Å². The third-order valence-corrected chi connectivity index (χ3v) is 6.69. The second-order valence-electron chi connectivity index (χ2n) is 8.47. The average molecular weight is 527 g/mol. The fourth-order valence-corrected chi connectivity index (χ4v) is 4.45. The summed E-state index contributed by atoms with van der Waals surface area (Å²) in [6, 6.07) is 11.1. The van der Waals surface area contributed by atoms with Gasteiger partial charge in [-0.15, -0.1) is 0 Å². The molecule has 0 aliphatic carbocycles. The molecule has 0 bridgehead atoms. The summed E-state index contributed by atoms with van der Waals surface area (Å²) in [6.07, 6.45) is 5.53. The maximum atomic E-state index is 13.4. The molecule has 2 aromatic carbocycles. The van der Waals surface area contributed by atoms with E-state index in [0.717, 1.165) is 29.3 Å². The minimum Gasteiger partial charge on any atom is -0.476 e. The highest BCUT2D eigenvalue weighted by molar-refractivity contribution is 6.42. The maximum absolute atomic E-state index is 13.4. The molecule has 1 atom stereocenters. The summed E-state index contributed by atoms with van der Waals surface area (Å²) in [5, 5.41) is 14.4. The van der Waals surface area contributed by atoms with Gasteiger partial charge in [0.2, 0.25) is 11.8 Å². The number of benzene rings is 2. The number of carbonyl (C=O) groups excluding carboxylic acids is 2. The quantitative estimate of drug-likeness (QED) is 0.276. The Kier molecular flexibility index (Phi) is 7.02. The van der Waals surface area contributed by atoms with Gasteiger partial charge in [0.15, 0.2) is 0 Å². The number of H-pyrrole nitrogens is 1. The number of hydrogen-bond donors (Lipinski definition) is 4. The molecule has 0 radical (unpaired) electrons. The summed E-state index contributed by atoms with van der Waals surface area (Å²) in [5.74, 6) is 0.125. The summed E-state index contributed by atoms with van der Waals surface area (Å²) >= 11 is 12.0. The van der Waals surface area contributed by atoms with Crippen molar-refractivity contribution in [1.82, 2.24) is 20.1 Å². The van der Waals surface area contributed by atoms with Crippen LogP contribution in [0.2, 0.25) is 10.0 Å². The topological polar surface area (TPSA) is 113 Å². The van der Waals surface area contributed by atoms with E-state index in [1.165, 1.54) is 6.07 Å². The molecule has 1 aliphatic heterocycles. The van der Waals surface area contributed by atoms with Gasteiger partial charge in [0.25, 0.3) is 0 Å². The first-order chi connectivity index (χ1) is 17.5. The van der Waals surface area contributed by atoms with Crippen LogP contribution in [0.4, 0.5) is 16.2 Å². The van der Waals surface area contributed by atoms with Gasteiger partial charge in [-0.1, -0.05) is 41.4 Å². The lowest BCUT2D eigenvalue weighted by atomic mass is 10.0. The molecule has 0 saturated heterocycles. The predicted octanol–water partition coefficient (Wildman–Crippen LogP) is 5.22. The van der Waals surface area contributed by atoms with E-state index in [9.17, 15) is 9.59 Å². The van der Waals surface area contributed by atoms with Crippen molar-refractivity contribution in [2.75, 3.05) is 17.2 Å². The lowest BCUT2D eigenvalue weighted by Gasteiger charge is -2.19. The zero-order valence-electron chi connectivity index (χ0n) is 19.2. The minimum absolute atomic E-state index is 0.259. The van der Waals surface area contributed by atoms with Crippen molar-refractivity contribution in [2.24, 2.45) is 0 Å². The minimum atomic E-state index is -0.895. The zero-order chi connectivity index (χ0) is 25.1. The van der Waals surface area contributed by atoms with Gasteiger partial charge in [-0.05, 0) is 42.7 Å². The van der Waals surface area contributed by atoms with Gasteiger partial charge in [-0.25, -0.2) is 9.48 Å². The van der Waals surface area contributed by atoms with Gasteiger partial charge >= 0.3 is 6.03 Å². The van der Waals surface area contributed by atoms with Crippen molar-refractivity contribution in [1.29, 1.82) is 0 Å². The van der Waals surface area contributed by atoms with Crippen LogP contribution in [-0.4, -0.2) is 39.4 Å². The van der Waals surface area contributed by atoms with E-state index in [0.29, 0.717) is 40.5 Å². The van der Waals surface area contributed by atoms with Crippen LogP contribution in [0.25, 0.3) is 10.9 Å². The fraction of sp³-hybridized carbons (Fsp3) is 0.240. The van der Waals surface area contributed by atoms with Gasteiger partial charge in [-0.2, -0.15) is 5.10 Å². The number of carbonyl (C=O) groups is 2. The number of halogens is 2. The number of anilines is 2. The van der Waals surface area contributed by atoms with E-state index in [-0.39, 0.29) is 6.42 Å². The van der Waals surface area contributed by atoms with Crippen molar-refractivity contribution in [3.05, 3.63) is 70.5 Å². The zero-order valence-corrected chi connectivity index (χ0v) is 20.7. The molecule has 2 aromatic heterocycles. The van der Waals surface area contributed by atoms with E-state index in [2.05, 4.69) is 26.0 Å². The number of hydrogen-bond acceptors (Lipinski definition) is 4. The summed E-state index contributed by atoms with van der Waals surface area (Å²) < 4.78 is 7.54. The number of amides is 3. The van der Waals surface area contributed by atoms with Crippen LogP contribution < -0.4 is 20.7 Å². The van der Waals surface area contributed by atoms with Crippen LogP contribution in [0.1, 0.15) is 18.4 Å². The summed E-state index contributed by atoms with van der Waals surface area (Å²) in [5.41, 5.74) is 2.76. The summed E-state index contributed by atoms with van der Waals surface area (Å²) in [7, 11) is 0. The highest BCUT2D eigenvalue weighted by Gasteiger charge is 2.25. The van der Waals surface area contributed by atoms with Crippen molar-refractivity contribution in [2.45, 2.75) is 31.8 Å². The van der Waals surface area contributed by atoms with Crippen molar-refractivity contribution in [3.63, 3.8) is 0 Å². The first kappa shape index (κ1) is 24.0. The Hall–Kier alpha value is -3.69. The number of nitrogens with zero attached hydrogens (tertiary/aromatic N) is 2. The van der Waals surface area contributed by atoms with Gasteiger partial charge in [0.05, 0.1) is 22.8 Å². The number of para-hydroxylation sites is 1. The highest BCUT2D eigenvalue weighted by Crippen LogP contribution is 2.28. The molecule has 11 heteroatoms. The summed E-state index contributed by atoms with van der Waals surface area (Å²) in [6.45, 7) is 1.27. The molecule has 3 heterocycles. The first-order valence-electron chi connectivity index (χ1n) is 11.5. The number of aromatic amines is 1. The molecule has 4 aromatic rings. The van der Waals surface area contributed by atoms with Crippen LogP contribution in [0.5, 0.6) is 5.88 Å². The third-order valence-electron chi connectivity index (χ3n) is 5.95. The van der Waals surface area contributed by atoms with E-state index < -0.39 is 18.0 Å². The van der Waals surface area contributed by atoms with Crippen LogP contribution in [0, 0.1) is 0 Å². The molecule has 0 spiro atoms. The number of ether oxygens (including phenoxy) is 1. The standard InChI is InChI=1S/C25H24Cl2N6O3/c26-18-8-7-16(12-19(18)27)30-25(35)32-21(11-15-13-28-20-6-2-1-5-17(15)20)23(34)31-22-14-29-33-9-3-4-10-36-24(22)33/h1-2,5-8,12-14,21,28H,3-4,9-11H2,(H,31,34)(H2,30,32,35). The molecule has 9 nitrogen and oxygen atoms in total. The molecule has 3 amide bonds. The summed E-state index contributed by atoms with van der Waals surface area (Å²) in [4.78, 5) is 29.5. The van der Waals surface area contributed by atoms with Crippen LogP contribution in [0.3, 0.4) is 0 Å². The second kappa shape index (κ2) is 10.5. The average Bonchev–Trinajstić information content (AvgIpc) is 3.36. The van der Waals surface area contributed by atoms with Gasteiger partial charge in [-0.3, -0.25) is 4.79 Å². The van der Waals surface area contributed by atoms with E-state index in [1.807, 2.05) is 30.5 Å². The lowest BCUT2D eigenvalue weighted by molar-refractivity contribution is -0.117. The smallest absolute Gasteiger partial charge is 0.319 e. The number of aryl methyl sites for hydroxylation is 1. The Morgan fingerprint density at radius 1 is 1.11 bits per heavy atom. The number of rotatable bonds is 6. The van der Waals surface area contributed by atoms with E-state index in [4.69, 9.17) is 27.9 Å². The van der Waals surface area contributed by atoms with Crippen molar-refractivity contribution >= 4 is 57.4 Å². The molecule has 36 heavy (non-hydrogen) atoms. The number of urea groups is 1. The maximum Gasteiger partial charge on any atom is 0.319 e. The second-order valence-corrected chi connectivity index (χ2v) is 9.29. The monoisotopic (exact) mass is 526 g/mol. The van der Waals surface area contributed by atoms with Crippen LogP contribution in [-0.2, 0) is 17.8 Å². The Bertz CT molecular complexity index is 1420. The fourth-order valence-electron chi connectivity index (χ4n) is 4.15. The third kappa shape index (κ3) is 5.27. The molecule has 186 valence electrons. The molecule has 1 unspecified atom stereocenters. The number of aromatic nitrogens is 3. The highest BCUT2D eigenvalue weighted by atomic mass is 35.5. The predicted molar refractivity (Wildman–Crippen MR) is 140 cm³/mol. The molecule has 0 saturated carbocycles. The van der Waals surface area contributed by atoms with Crippen molar-refractivity contribution < 1.29 is 14.3 Å². The molecule has 0 fully saturated rings. The van der Waals surface area contributed by atoms with E-state index >= 15 is 0 Å². The lowest BCUT2D eigenvalue weighted by Crippen LogP contribution is -2.46. The Morgan fingerprint density at radius 2 is 1.97 bits per heavy atom. The van der Waals surface area contributed by atoms with Gasteiger partial charge in [0, 0.05) is 35.8 Å². The Morgan fingerprint density at radius 3 is 2.83 bits per heavy atom. The van der Waals surface area contributed by atoms with E-state index in [1.54, 1.807) is 23.0 Å². The van der Waals surface area contributed by atoms with Gasteiger partial charge in [0.1, 0.15) is 11.7 Å². The Balaban J connectivity index is 1.37. The molecule has 1 aliphatic rings. The Labute approximate surface area is 217 Å². The molecule has 4 N–H and O–H groups in total. The number of fused-ring (bicyclic) bond motifs is 2. The molecular weight excluding hydrogens is 503 g/mol. The first-order valence-corrected chi connectivity index (χ1v) is 12.3.